The zero-order valence-corrected chi connectivity index (χ0v) is 23.8. The average Bonchev–Trinajstić information content (AvgIpc) is 2.96. The van der Waals surface area contributed by atoms with Gasteiger partial charge in [-0.25, -0.2) is 10.2 Å². The number of para-hydroxylation sites is 1. The number of ether oxygens (including phenoxy) is 1. The van der Waals surface area contributed by atoms with Crippen LogP contribution >= 0.6 is 27.5 Å². The number of nitrogens with zero attached hydrogens (tertiary/aromatic N) is 1. The van der Waals surface area contributed by atoms with Gasteiger partial charge in [0.15, 0.2) is 0 Å². The molecule has 0 heterocycles. The number of rotatable bonds is 7. The number of nitrogens with one attached hydrogen (secondary N) is 3. The Morgan fingerprint density at radius 3 is 2.29 bits per heavy atom. The number of hydrazone groups is 1. The maximum atomic E-state index is 12.8. The lowest BCUT2D eigenvalue weighted by Crippen LogP contribution is -2.33. The van der Waals surface area contributed by atoms with Crippen molar-refractivity contribution in [2.24, 2.45) is 5.10 Å². The summed E-state index contributed by atoms with van der Waals surface area (Å²) in [5.41, 5.74) is 4.64. The molecule has 0 fully saturated rings. The Balaban J connectivity index is 1.40. The fraction of sp³-hybridized carbons (Fsp3) is 0.0333. The molecule has 4 aromatic rings. The monoisotopic (exact) mass is 632 g/mol. The standard InChI is InChI=1S/C30H22BrClN4O5/c1-18-6-8-19(9-7-18)30(40)41-26-15-10-21(31)16-20(26)17-33-36-29(39)28(38)35-25-5-3-2-4-24(25)27(37)34-23-13-11-22(32)12-14-23/h2-17H,1H3,(H,34,37)(H,35,38)(H,36,39). The second-order valence-corrected chi connectivity index (χ2v) is 9.95. The van der Waals surface area contributed by atoms with Crippen LogP contribution in [0.15, 0.2) is 101 Å². The molecule has 41 heavy (non-hydrogen) atoms. The van der Waals surface area contributed by atoms with Gasteiger partial charge in [-0.3, -0.25) is 14.4 Å². The van der Waals surface area contributed by atoms with Crippen molar-refractivity contribution in [2.75, 3.05) is 10.6 Å². The van der Waals surface area contributed by atoms with Crippen LogP contribution in [0.4, 0.5) is 11.4 Å². The maximum absolute atomic E-state index is 12.8. The van der Waals surface area contributed by atoms with Gasteiger partial charge in [0, 0.05) is 20.7 Å². The van der Waals surface area contributed by atoms with Gasteiger partial charge in [0.1, 0.15) is 5.75 Å². The number of amides is 3. The van der Waals surface area contributed by atoms with E-state index in [4.69, 9.17) is 16.3 Å². The molecule has 0 saturated carbocycles. The van der Waals surface area contributed by atoms with Gasteiger partial charge in [-0.15, -0.1) is 0 Å². The fourth-order valence-corrected chi connectivity index (χ4v) is 3.98. The summed E-state index contributed by atoms with van der Waals surface area (Å²) in [6.45, 7) is 1.91. The molecule has 0 aliphatic heterocycles. The van der Waals surface area contributed by atoms with Gasteiger partial charge in [0.2, 0.25) is 0 Å². The number of hydrogen-bond acceptors (Lipinski definition) is 6. The zero-order chi connectivity index (χ0) is 29.4. The molecule has 0 unspecified atom stereocenters. The largest absolute Gasteiger partial charge is 0.422 e. The Morgan fingerprint density at radius 1 is 0.854 bits per heavy atom. The van der Waals surface area contributed by atoms with Crippen LogP contribution in [0.25, 0.3) is 0 Å². The summed E-state index contributed by atoms with van der Waals surface area (Å²) in [5, 5.41) is 9.47. The van der Waals surface area contributed by atoms with Crippen LogP contribution in [0.3, 0.4) is 0 Å². The summed E-state index contributed by atoms with van der Waals surface area (Å²) in [7, 11) is 0. The van der Waals surface area contributed by atoms with Gasteiger partial charge < -0.3 is 15.4 Å². The Bertz CT molecular complexity index is 1640. The predicted octanol–water partition coefficient (Wildman–Crippen LogP) is 5.97. The number of hydrogen-bond donors (Lipinski definition) is 3. The first kappa shape index (κ1) is 29.2. The third kappa shape index (κ3) is 8.10. The normalized spacial score (nSPS) is 10.6. The first-order chi connectivity index (χ1) is 19.7. The van der Waals surface area contributed by atoms with Crippen molar-refractivity contribution in [3.05, 3.63) is 123 Å². The van der Waals surface area contributed by atoms with Crippen LogP contribution < -0.4 is 20.8 Å². The van der Waals surface area contributed by atoms with Crippen molar-refractivity contribution < 1.29 is 23.9 Å². The minimum absolute atomic E-state index is 0.125. The Kier molecular flexibility index (Phi) is 9.62. The summed E-state index contributed by atoms with van der Waals surface area (Å²) < 4.78 is 6.18. The van der Waals surface area contributed by atoms with E-state index in [1.165, 1.54) is 18.3 Å². The number of aryl methyl sites for hydroxylation is 1. The van der Waals surface area contributed by atoms with E-state index in [9.17, 15) is 19.2 Å². The molecular weight excluding hydrogens is 612 g/mol. The highest BCUT2D eigenvalue weighted by atomic mass is 79.9. The summed E-state index contributed by atoms with van der Waals surface area (Å²) in [6.07, 6.45) is 1.24. The molecule has 0 aliphatic carbocycles. The topological polar surface area (TPSA) is 126 Å². The fourth-order valence-electron chi connectivity index (χ4n) is 3.47. The van der Waals surface area contributed by atoms with Crippen LogP contribution in [0.2, 0.25) is 5.02 Å². The Morgan fingerprint density at radius 2 is 1.56 bits per heavy atom. The van der Waals surface area contributed by atoms with E-state index in [1.54, 1.807) is 78.9 Å². The molecule has 0 spiro atoms. The van der Waals surface area contributed by atoms with Crippen LogP contribution in [0, 0.1) is 6.92 Å². The van der Waals surface area contributed by atoms with Gasteiger partial charge in [0.25, 0.3) is 5.91 Å². The lowest BCUT2D eigenvalue weighted by Gasteiger charge is -2.11. The molecule has 0 saturated heterocycles. The second kappa shape index (κ2) is 13.5. The van der Waals surface area contributed by atoms with Crippen molar-refractivity contribution in [1.82, 2.24) is 5.43 Å². The van der Waals surface area contributed by atoms with Crippen LogP contribution in [0.1, 0.15) is 31.8 Å². The molecule has 9 nitrogen and oxygen atoms in total. The van der Waals surface area contributed by atoms with Gasteiger partial charge in [-0.05, 0) is 73.7 Å². The summed E-state index contributed by atoms with van der Waals surface area (Å²) in [6, 6.07) is 24.5. The third-order valence-corrected chi connectivity index (χ3v) is 6.30. The first-order valence-corrected chi connectivity index (χ1v) is 13.3. The smallest absolute Gasteiger partial charge is 0.343 e. The minimum Gasteiger partial charge on any atom is -0.422 e. The van der Waals surface area contributed by atoms with E-state index in [1.807, 2.05) is 6.92 Å². The molecule has 206 valence electrons. The molecule has 4 aromatic carbocycles. The average molecular weight is 634 g/mol. The van der Waals surface area contributed by atoms with E-state index < -0.39 is 23.7 Å². The number of carbonyl (C=O) groups is 4. The van der Waals surface area contributed by atoms with E-state index in [-0.39, 0.29) is 17.0 Å². The summed E-state index contributed by atoms with van der Waals surface area (Å²) >= 11 is 9.23. The molecule has 11 heteroatoms. The van der Waals surface area contributed by atoms with Crippen molar-refractivity contribution in [3.63, 3.8) is 0 Å². The number of carbonyl (C=O) groups excluding carboxylic acids is 4. The zero-order valence-electron chi connectivity index (χ0n) is 21.5. The van der Waals surface area contributed by atoms with Crippen molar-refractivity contribution in [1.29, 1.82) is 0 Å². The SMILES string of the molecule is Cc1ccc(C(=O)Oc2ccc(Br)cc2C=NNC(=O)C(=O)Nc2ccccc2C(=O)Nc2ccc(Cl)cc2)cc1. The van der Waals surface area contributed by atoms with Crippen molar-refractivity contribution in [3.8, 4) is 5.75 Å². The molecule has 0 bridgehead atoms. The number of halogens is 2. The van der Waals surface area contributed by atoms with Gasteiger partial charge in [-0.2, -0.15) is 5.10 Å². The van der Waals surface area contributed by atoms with Crippen molar-refractivity contribution in [2.45, 2.75) is 6.92 Å². The number of esters is 1. The summed E-state index contributed by atoms with van der Waals surface area (Å²) in [4.78, 5) is 50.3. The van der Waals surface area contributed by atoms with Gasteiger partial charge >= 0.3 is 17.8 Å². The van der Waals surface area contributed by atoms with Crippen LogP contribution in [-0.2, 0) is 9.59 Å². The number of benzene rings is 4. The minimum atomic E-state index is -1.08. The Hall–Kier alpha value is -4.80. The van der Waals surface area contributed by atoms with Gasteiger partial charge in [-0.1, -0.05) is 57.4 Å². The molecule has 0 radical (unpaired) electrons. The predicted molar refractivity (Wildman–Crippen MR) is 160 cm³/mol. The lowest BCUT2D eigenvalue weighted by atomic mass is 10.1. The molecule has 0 aliphatic rings. The molecule has 4 rings (SSSR count). The van der Waals surface area contributed by atoms with E-state index in [0.717, 1.165) is 5.56 Å². The van der Waals surface area contributed by atoms with E-state index in [2.05, 4.69) is 37.1 Å². The molecule has 3 amide bonds. The molecule has 3 N–H and O–H groups in total. The first-order valence-electron chi connectivity index (χ1n) is 12.1. The lowest BCUT2D eigenvalue weighted by molar-refractivity contribution is -0.136. The Labute approximate surface area is 248 Å². The highest BCUT2D eigenvalue weighted by Gasteiger charge is 2.18. The van der Waals surface area contributed by atoms with Crippen LogP contribution in [-0.4, -0.2) is 29.9 Å². The van der Waals surface area contributed by atoms with E-state index in [0.29, 0.717) is 26.3 Å². The van der Waals surface area contributed by atoms with Crippen molar-refractivity contribution >= 4 is 68.8 Å². The van der Waals surface area contributed by atoms with Crippen LogP contribution in [0.5, 0.6) is 5.75 Å². The van der Waals surface area contributed by atoms with Gasteiger partial charge in [0.05, 0.1) is 23.0 Å². The second-order valence-electron chi connectivity index (χ2n) is 8.60. The molecule has 0 aromatic heterocycles. The molecule has 0 atom stereocenters. The highest BCUT2D eigenvalue weighted by molar-refractivity contribution is 9.10. The van der Waals surface area contributed by atoms with E-state index >= 15 is 0 Å². The molecular formula is C30H22BrClN4O5. The summed E-state index contributed by atoms with van der Waals surface area (Å²) in [5.74, 6) is -2.99. The highest BCUT2D eigenvalue weighted by Crippen LogP contribution is 2.23. The third-order valence-electron chi connectivity index (χ3n) is 5.56. The number of anilines is 2. The maximum Gasteiger partial charge on any atom is 0.343 e. The quantitative estimate of drug-likeness (QED) is 0.0760.